The summed E-state index contributed by atoms with van der Waals surface area (Å²) in [6, 6.07) is 5.76. The Morgan fingerprint density at radius 1 is 1.28 bits per heavy atom. The Balaban J connectivity index is 1.76. The van der Waals surface area contributed by atoms with Crippen molar-refractivity contribution in [3.05, 3.63) is 29.8 Å². The number of carbonyl (C=O) groups excluding carboxylic acids is 2. The van der Waals surface area contributed by atoms with Crippen molar-refractivity contribution in [3.63, 3.8) is 0 Å². The average molecular weight is 434 g/mol. The number of nitrogens with one attached hydrogen (secondary N) is 1. The van der Waals surface area contributed by atoms with Crippen LogP contribution in [0, 0.1) is 0 Å². The van der Waals surface area contributed by atoms with Gasteiger partial charge in [-0.2, -0.15) is 5.10 Å². The van der Waals surface area contributed by atoms with Crippen LogP contribution in [0.1, 0.15) is 33.2 Å². The van der Waals surface area contributed by atoms with Crippen LogP contribution in [0.5, 0.6) is 0 Å². The number of aromatic nitrogens is 5. The molecule has 0 fully saturated rings. The Hall–Kier alpha value is -2.66. The molecule has 2 amide bonds. The molecule has 3 heterocycles. The number of thiophene rings is 1. The fourth-order valence-electron chi connectivity index (χ4n) is 2.65. The molecule has 154 valence electrons. The van der Waals surface area contributed by atoms with E-state index in [9.17, 15) is 9.59 Å². The molecule has 3 aromatic heterocycles. The second-order valence-corrected chi connectivity index (χ2v) is 8.91. The van der Waals surface area contributed by atoms with E-state index in [0.717, 1.165) is 4.88 Å². The predicted octanol–water partition coefficient (Wildman–Crippen LogP) is 2.78. The van der Waals surface area contributed by atoms with Crippen molar-refractivity contribution >= 4 is 40.7 Å². The van der Waals surface area contributed by atoms with Crippen LogP contribution in [0.4, 0.5) is 5.82 Å². The quantitative estimate of drug-likeness (QED) is 0.501. The first-order valence-corrected chi connectivity index (χ1v) is 10.9. The first-order chi connectivity index (χ1) is 13.9. The van der Waals surface area contributed by atoms with E-state index in [0.29, 0.717) is 23.3 Å². The minimum absolute atomic E-state index is 0.133. The van der Waals surface area contributed by atoms with Crippen molar-refractivity contribution in [2.24, 2.45) is 5.73 Å². The summed E-state index contributed by atoms with van der Waals surface area (Å²) >= 11 is 2.82. The molecular weight excluding hydrogens is 410 g/mol. The average Bonchev–Trinajstić information content (AvgIpc) is 3.40. The molecule has 3 aromatic rings. The molecule has 9 nitrogen and oxygen atoms in total. The molecule has 0 aliphatic heterocycles. The number of hydrogen-bond donors (Lipinski definition) is 2. The van der Waals surface area contributed by atoms with Crippen molar-refractivity contribution in [1.29, 1.82) is 0 Å². The second kappa shape index (κ2) is 9.23. The molecule has 0 aliphatic rings. The van der Waals surface area contributed by atoms with E-state index in [1.807, 2.05) is 35.9 Å². The Bertz CT molecular complexity index is 978. The highest BCUT2D eigenvalue weighted by Crippen LogP contribution is 2.30. The van der Waals surface area contributed by atoms with Gasteiger partial charge in [-0.05, 0) is 32.2 Å². The summed E-state index contributed by atoms with van der Waals surface area (Å²) in [5, 5.41) is 17.7. The van der Waals surface area contributed by atoms with Crippen LogP contribution < -0.4 is 11.1 Å². The SMILES string of the molecule is CC(C)n1nccc1NC(=O)[C@@H](C)Sc1nnc(-c2cccs2)n1CCC(N)=O. The number of anilines is 1. The molecule has 3 N–H and O–H groups in total. The van der Waals surface area contributed by atoms with Crippen LogP contribution in [-0.2, 0) is 16.1 Å². The fourth-order valence-corrected chi connectivity index (χ4v) is 4.24. The summed E-state index contributed by atoms with van der Waals surface area (Å²) < 4.78 is 3.59. The van der Waals surface area contributed by atoms with Crippen molar-refractivity contribution < 1.29 is 9.59 Å². The molecule has 3 rings (SSSR count). The number of primary amides is 1. The summed E-state index contributed by atoms with van der Waals surface area (Å²) in [5.74, 6) is 0.736. The van der Waals surface area contributed by atoms with Gasteiger partial charge in [0, 0.05) is 25.1 Å². The fraction of sp³-hybridized carbons (Fsp3) is 0.389. The summed E-state index contributed by atoms with van der Waals surface area (Å²) in [7, 11) is 0. The molecule has 0 saturated heterocycles. The van der Waals surface area contributed by atoms with Gasteiger partial charge in [0.2, 0.25) is 11.8 Å². The van der Waals surface area contributed by atoms with E-state index in [-0.39, 0.29) is 18.4 Å². The maximum atomic E-state index is 12.7. The molecule has 0 bridgehead atoms. The third-order valence-electron chi connectivity index (χ3n) is 4.10. The first-order valence-electron chi connectivity index (χ1n) is 9.13. The van der Waals surface area contributed by atoms with Crippen LogP contribution in [0.3, 0.4) is 0 Å². The minimum atomic E-state index is -0.432. The van der Waals surface area contributed by atoms with Crippen molar-refractivity contribution in [3.8, 4) is 10.7 Å². The van der Waals surface area contributed by atoms with E-state index < -0.39 is 11.2 Å². The van der Waals surface area contributed by atoms with E-state index >= 15 is 0 Å². The van der Waals surface area contributed by atoms with Gasteiger partial charge in [0.25, 0.3) is 0 Å². The monoisotopic (exact) mass is 433 g/mol. The third-order valence-corrected chi connectivity index (χ3v) is 6.05. The van der Waals surface area contributed by atoms with Crippen molar-refractivity contribution in [2.75, 3.05) is 5.32 Å². The number of amides is 2. The summed E-state index contributed by atoms with van der Waals surface area (Å²) in [6.45, 7) is 6.14. The molecule has 29 heavy (non-hydrogen) atoms. The number of carbonyl (C=O) groups is 2. The van der Waals surface area contributed by atoms with E-state index in [1.54, 1.807) is 23.9 Å². The Morgan fingerprint density at radius 3 is 2.72 bits per heavy atom. The van der Waals surface area contributed by atoms with E-state index in [1.165, 1.54) is 23.1 Å². The van der Waals surface area contributed by atoms with Crippen LogP contribution in [0.2, 0.25) is 0 Å². The summed E-state index contributed by atoms with van der Waals surface area (Å²) in [5.41, 5.74) is 5.32. The minimum Gasteiger partial charge on any atom is -0.370 e. The van der Waals surface area contributed by atoms with Gasteiger partial charge in [-0.1, -0.05) is 17.8 Å². The van der Waals surface area contributed by atoms with Crippen molar-refractivity contribution in [2.45, 2.75) is 50.2 Å². The van der Waals surface area contributed by atoms with Crippen LogP contribution >= 0.6 is 23.1 Å². The summed E-state index contributed by atoms with van der Waals surface area (Å²) in [6.07, 6.45) is 1.82. The Kier molecular flexibility index (Phi) is 6.70. The maximum absolute atomic E-state index is 12.7. The normalized spacial score (nSPS) is 12.3. The zero-order valence-corrected chi connectivity index (χ0v) is 18.0. The molecule has 0 saturated carbocycles. The Labute approximate surface area is 176 Å². The van der Waals surface area contributed by atoms with Gasteiger partial charge in [0.15, 0.2) is 11.0 Å². The zero-order chi connectivity index (χ0) is 21.0. The number of nitrogens with zero attached hydrogens (tertiary/aromatic N) is 5. The number of thioether (sulfide) groups is 1. The van der Waals surface area contributed by atoms with E-state index in [4.69, 9.17) is 5.73 Å². The van der Waals surface area contributed by atoms with Crippen LogP contribution in [-0.4, -0.2) is 41.6 Å². The number of nitrogens with two attached hydrogens (primary N) is 1. The van der Waals surface area contributed by atoms with Gasteiger partial charge < -0.3 is 15.6 Å². The molecule has 0 aliphatic carbocycles. The lowest BCUT2D eigenvalue weighted by atomic mass is 10.4. The second-order valence-electron chi connectivity index (χ2n) is 6.66. The lowest BCUT2D eigenvalue weighted by Gasteiger charge is -2.15. The molecule has 11 heteroatoms. The van der Waals surface area contributed by atoms with Gasteiger partial charge >= 0.3 is 0 Å². The van der Waals surface area contributed by atoms with Gasteiger partial charge in [-0.15, -0.1) is 21.5 Å². The zero-order valence-electron chi connectivity index (χ0n) is 16.4. The largest absolute Gasteiger partial charge is 0.370 e. The molecule has 1 atom stereocenters. The highest BCUT2D eigenvalue weighted by atomic mass is 32.2. The van der Waals surface area contributed by atoms with Gasteiger partial charge in [0.05, 0.1) is 16.3 Å². The third kappa shape index (κ3) is 5.04. The standard InChI is InChI=1S/C18H23N7O2S2/c1-11(2)25-15(6-8-20-25)21-17(27)12(3)29-18-23-22-16(13-5-4-10-28-13)24(18)9-7-14(19)26/h4-6,8,10-12H,7,9H2,1-3H3,(H2,19,26)(H,21,27)/t12-/m1/s1. The van der Waals surface area contributed by atoms with Gasteiger partial charge in [0.1, 0.15) is 5.82 Å². The number of rotatable bonds is 9. The number of hydrogen-bond acceptors (Lipinski definition) is 7. The predicted molar refractivity (Wildman–Crippen MR) is 114 cm³/mol. The van der Waals surface area contributed by atoms with E-state index in [2.05, 4.69) is 20.6 Å². The van der Waals surface area contributed by atoms with Gasteiger partial charge in [-0.3, -0.25) is 9.59 Å². The maximum Gasteiger partial charge on any atom is 0.238 e. The van der Waals surface area contributed by atoms with Crippen LogP contribution in [0.25, 0.3) is 10.7 Å². The molecule has 0 radical (unpaired) electrons. The molecule has 0 unspecified atom stereocenters. The molecule has 0 spiro atoms. The highest BCUT2D eigenvalue weighted by molar-refractivity contribution is 8.00. The molecule has 0 aromatic carbocycles. The van der Waals surface area contributed by atoms with Gasteiger partial charge in [-0.25, -0.2) is 4.68 Å². The first kappa shape index (κ1) is 21.1. The smallest absolute Gasteiger partial charge is 0.238 e. The lowest BCUT2D eigenvalue weighted by molar-refractivity contribution is -0.118. The van der Waals surface area contributed by atoms with Crippen molar-refractivity contribution in [1.82, 2.24) is 24.5 Å². The van der Waals surface area contributed by atoms with Crippen LogP contribution in [0.15, 0.2) is 34.9 Å². The Morgan fingerprint density at radius 2 is 2.07 bits per heavy atom. The summed E-state index contributed by atoms with van der Waals surface area (Å²) in [4.78, 5) is 24.9. The topological polar surface area (TPSA) is 121 Å². The molecular formula is C18H23N7O2S2. The lowest BCUT2D eigenvalue weighted by Crippen LogP contribution is -2.25. The highest BCUT2D eigenvalue weighted by Gasteiger charge is 2.22.